The first-order chi connectivity index (χ1) is 8.71. The number of benzene rings is 1. The van der Waals surface area contributed by atoms with Gasteiger partial charge in [-0.15, -0.1) is 11.8 Å². The Hall–Kier alpha value is -1.17. The number of alkyl halides is 3. The molecule has 1 aromatic carbocycles. The smallest absolute Gasteiger partial charge is 0.387 e. The lowest BCUT2D eigenvalue weighted by atomic mass is 10.0. The van der Waals surface area contributed by atoms with Gasteiger partial charge in [-0.1, -0.05) is 26.0 Å². The van der Waals surface area contributed by atoms with E-state index < -0.39 is 17.9 Å². The minimum atomic E-state index is -4.46. The second-order valence-corrected chi connectivity index (χ2v) is 5.68. The van der Waals surface area contributed by atoms with Crippen LogP contribution < -0.4 is 5.73 Å². The highest BCUT2D eigenvalue weighted by Crippen LogP contribution is 2.32. The van der Waals surface area contributed by atoms with Crippen LogP contribution in [0.5, 0.6) is 0 Å². The van der Waals surface area contributed by atoms with Crippen molar-refractivity contribution in [2.75, 3.05) is 5.75 Å². The number of hydrogen-bond donors (Lipinski definition) is 2. The fourth-order valence-corrected chi connectivity index (χ4v) is 2.55. The molecule has 3 N–H and O–H groups in total. The molecule has 0 radical (unpaired) electrons. The predicted molar refractivity (Wildman–Crippen MR) is 72.7 cm³/mol. The topological polar surface area (TPSA) is 49.9 Å². The van der Waals surface area contributed by atoms with Crippen LogP contribution in [0.1, 0.15) is 25.3 Å². The van der Waals surface area contributed by atoms with Gasteiger partial charge in [-0.2, -0.15) is 13.2 Å². The van der Waals surface area contributed by atoms with Crippen molar-refractivity contribution in [3.05, 3.63) is 29.8 Å². The highest BCUT2D eigenvalue weighted by Gasteiger charge is 2.41. The van der Waals surface area contributed by atoms with E-state index in [9.17, 15) is 13.2 Å². The van der Waals surface area contributed by atoms with Gasteiger partial charge in [0.1, 0.15) is 11.8 Å². The molecule has 6 heteroatoms. The van der Waals surface area contributed by atoms with Gasteiger partial charge < -0.3 is 5.73 Å². The largest absolute Gasteiger partial charge is 0.399 e. The molecule has 0 heterocycles. The average Bonchev–Trinajstić information content (AvgIpc) is 2.27. The molecule has 0 fully saturated rings. The number of halogens is 3. The van der Waals surface area contributed by atoms with E-state index in [1.807, 2.05) is 12.1 Å². The lowest BCUT2D eigenvalue weighted by Crippen LogP contribution is -2.36. The molecule has 0 saturated carbocycles. The Morgan fingerprint density at radius 2 is 1.79 bits per heavy atom. The molecule has 106 valence electrons. The third-order valence-electron chi connectivity index (χ3n) is 2.73. The van der Waals surface area contributed by atoms with Crippen LogP contribution in [0.2, 0.25) is 0 Å². The van der Waals surface area contributed by atoms with Gasteiger partial charge in [-0.05, 0) is 23.6 Å². The monoisotopic (exact) mass is 290 g/mol. The van der Waals surface area contributed by atoms with Crippen LogP contribution in [0.4, 0.5) is 13.2 Å². The fraction of sp³-hybridized carbons (Fsp3) is 0.462. The Morgan fingerprint density at radius 1 is 1.26 bits per heavy atom. The molecule has 1 rings (SSSR count). The number of hydrogen-bond acceptors (Lipinski definition) is 2. The zero-order valence-electron chi connectivity index (χ0n) is 10.8. The molecule has 0 aliphatic rings. The number of thioether (sulfide) groups is 1. The third-order valence-corrected chi connectivity index (χ3v) is 3.84. The quantitative estimate of drug-likeness (QED) is 0.489. The lowest BCUT2D eigenvalue weighted by Gasteiger charge is -2.18. The summed E-state index contributed by atoms with van der Waals surface area (Å²) in [6.07, 6.45) is -4.46. The highest BCUT2D eigenvalue weighted by molar-refractivity contribution is 7.99. The molecular formula is C13H17F3N2S. The Labute approximate surface area is 115 Å². The van der Waals surface area contributed by atoms with E-state index in [-0.39, 0.29) is 5.75 Å². The summed E-state index contributed by atoms with van der Waals surface area (Å²) < 4.78 is 37.8. The van der Waals surface area contributed by atoms with Crippen LogP contribution in [0, 0.1) is 11.3 Å². The van der Waals surface area contributed by atoms with Gasteiger partial charge in [-0.25, -0.2) is 0 Å². The number of amidine groups is 1. The van der Waals surface area contributed by atoms with Gasteiger partial charge in [0.15, 0.2) is 0 Å². The maximum Gasteiger partial charge on any atom is 0.399 e. The summed E-state index contributed by atoms with van der Waals surface area (Å²) in [6, 6.07) is 7.41. The van der Waals surface area contributed by atoms with E-state index in [0.717, 1.165) is 22.2 Å². The van der Waals surface area contributed by atoms with E-state index in [4.69, 9.17) is 11.1 Å². The van der Waals surface area contributed by atoms with Crippen molar-refractivity contribution < 1.29 is 13.2 Å². The van der Waals surface area contributed by atoms with E-state index in [1.54, 1.807) is 12.1 Å². The Balaban J connectivity index is 2.67. The van der Waals surface area contributed by atoms with Crippen molar-refractivity contribution in [3.63, 3.8) is 0 Å². The molecule has 0 saturated heterocycles. The van der Waals surface area contributed by atoms with Crippen LogP contribution in [0.3, 0.4) is 0 Å². The van der Waals surface area contributed by atoms with Crippen molar-refractivity contribution in [2.24, 2.45) is 11.7 Å². The molecule has 0 amide bonds. The van der Waals surface area contributed by atoms with Gasteiger partial charge in [0.05, 0.1) is 0 Å². The average molecular weight is 290 g/mol. The SMILES string of the molecule is CC(C)c1ccc(SCC(C(=N)N)C(F)(F)F)cc1. The zero-order chi connectivity index (χ0) is 14.6. The first-order valence-electron chi connectivity index (χ1n) is 5.85. The molecule has 2 nitrogen and oxygen atoms in total. The van der Waals surface area contributed by atoms with Crippen LogP contribution in [-0.2, 0) is 0 Å². The van der Waals surface area contributed by atoms with E-state index in [2.05, 4.69) is 13.8 Å². The molecule has 1 atom stereocenters. The van der Waals surface area contributed by atoms with Crippen molar-refractivity contribution in [3.8, 4) is 0 Å². The van der Waals surface area contributed by atoms with Gasteiger partial charge in [0.25, 0.3) is 0 Å². The summed E-state index contributed by atoms with van der Waals surface area (Å²) in [6.45, 7) is 4.11. The van der Waals surface area contributed by atoms with Gasteiger partial charge in [-0.3, -0.25) is 5.41 Å². The van der Waals surface area contributed by atoms with Crippen LogP contribution in [-0.4, -0.2) is 17.8 Å². The van der Waals surface area contributed by atoms with Crippen molar-refractivity contribution in [2.45, 2.75) is 30.8 Å². The van der Waals surface area contributed by atoms with E-state index >= 15 is 0 Å². The maximum atomic E-state index is 12.6. The first kappa shape index (κ1) is 15.9. The molecule has 1 aromatic rings. The second-order valence-electron chi connectivity index (χ2n) is 4.58. The summed E-state index contributed by atoms with van der Waals surface area (Å²) in [5.74, 6) is -2.60. The summed E-state index contributed by atoms with van der Waals surface area (Å²) in [7, 11) is 0. The minimum absolute atomic E-state index is 0.264. The summed E-state index contributed by atoms with van der Waals surface area (Å²) in [5, 5.41) is 7.01. The third kappa shape index (κ3) is 4.78. The molecule has 0 aromatic heterocycles. The summed E-state index contributed by atoms with van der Waals surface area (Å²) >= 11 is 1.06. The molecule has 19 heavy (non-hydrogen) atoms. The fourth-order valence-electron chi connectivity index (χ4n) is 1.49. The number of nitrogens with two attached hydrogens (primary N) is 1. The normalized spacial score (nSPS) is 13.6. The summed E-state index contributed by atoms with van der Waals surface area (Å²) in [4.78, 5) is 0.750. The van der Waals surface area contributed by atoms with Gasteiger partial charge in [0, 0.05) is 10.6 Å². The maximum absolute atomic E-state index is 12.6. The Kier molecular flexibility index (Phi) is 5.29. The standard InChI is InChI=1S/C13H17F3N2S/c1-8(2)9-3-5-10(6-4-9)19-7-11(12(17)18)13(14,15)16/h3-6,8,11H,7H2,1-2H3,(H3,17,18). The van der Waals surface area contributed by atoms with Crippen LogP contribution in [0.15, 0.2) is 29.2 Å². The molecule has 1 unspecified atom stereocenters. The molecular weight excluding hydrogens is 273 g/mol. The zero-order valence-corrected chi connectivity index (χ0v) is 11.6. The molecule has 0 bridgehead atoms. The lowest BCUT2D eigenvalue weighted by molar-refractivity contribution is -0.149. The van der Waals surface area contributed by atoms with Crippen molar-refractivity contribution in [1.29, 1.82) is 5.41 Å². The Morgan fingerprint density at radius 3 is 2.16 bits per heavy atom. The van der Waals surface area contributed by atoms with Crippen molar-refractivity contribution >= 4 is 17.6 Å². The van der Waals surface area contributed by atoms with Gasteiger partial charge >= 0.3 is 6.18 Å². The molecule has 0 aliphatic heterocycles. The minimum Gasteiger partial charge on any atom is -0.387 e. The van der Waals surface area contributed by atoms with E-state index in [1.165, 1.54) is 0 Å². The predicted octanol–water partition coefficient (Wildman–Crippen LogP) is 4.02. The number of nitrogens with one attached hydrogen (secondary N) is 1. The Bertz CT molecular complexity index is 427. The molecule has 0 spiro atoms. The van der Waals surface area contributed by atoms with Gasteiger partial charge in [0.2, 0.25) is 0 Å². The van der Waals surface area contributed by atoms with Crippen LogP contribution in [0.25, 0.3) is 0 Å². The van der Waals surface area contributed by atoms with Crippen LogP contribution >= 0.6 is 11.8 Å². The summed E-state index contributed by atoms with van der Waals surface area (Å²) in [5.41, 5.74) is 6.14. The first-order valence-corrected chi connectivity index (χ1v) is 6.83. The van der Waals surface area contributed by atoms with E-state index in [0.29, 0.717) is 5.92 Å². The second kappa shape index (κ2) is 6.32. The highest BCUT2D eigenvalue weighted by atomic mass is 32.2. The molecule has 0 aliphatic carbocycles. The number of rotatable bonds is 5. The van der Waals surface area contributed by atoms with Crippen molar-refractivity contribution in [1.82, 2.24) is 0 Å².